The van der Waals surface area contributed by atoms with Crippen LogP contribution in [0.4, 0.5) is 8.78 Å². The predicted octanol–water partition coefficient (Wildman–Crippen LogP) is 8.94. The van der Waals surface area contributed by atoms with Crippen molar-refractivity contribution in [1.29, 1.82) is 0 Å². The second-order valence-corrected chi connectivity index (χ2v) is 12.6. The van der Waals surface area contributed by atoms with E-state index < -0.39 is 11.6 Å². The van der Waals surface area contributed by atoms with Crippen LogP contribution in [0, 0.1) is 47.1 Å². The standard InChI is InChI=1S/C35H46F2O4/c1-3-5-23-7-16-30(17-8-23)41-35(38)26-12-10-25(11-13-26)28-15-14-27-20-24(6-9-29(27)21-28)22-40-32-19-18-31(39-4-2)33(36)34(32)37/h7-8,16-19,24-29H,3-6,9-15,20-22H2,1-2H3. The van der Waals surface area contributed by atoms with Gasteiger partial charge in [-0.1, -0.05) is 25.5 Å². The lowest BCUT2D eigenvalue weighted by Crippen LogP contribution is -2.36. The molecule has 3 aliphatic carbocycles. The zero-order valence-corrected chi connectivity index (χ0v) is 24.7. The Bertz CT molecular complexity index is 1140. The molecular weight excluding hydrogens is 522 g/mol. The molecule has 224 valence electrons. The highest BCUT2D eigenvalue weighted by Crippen LogP contribution is 2.49. The smallest absolute Gasteiger partial charge is 0.314 e. The molecule has 3 aliphatic rings. The first-order chi connectivity index (χ1) is 19.9. The molecular formula is C35H46F2O4. The summed E-state index contributed by atoms with van der Waals surface area (Å²) in [6.45, 7) is 4.62. The Labute approximate surface area is 244 Å². The van der Waals surface area contributed by atoms with Crippen LogP contribution < -0.4 is 14.2 Å². The van der Waals surface area contributed by atoms with Gasteiger partial charge in [-0.3, -0.25) is 4.79 Å². The van der Waals surface area contributed by atoms with Crippen LogP contribution in [0.2, 0.25) is 0 Å². The Kier molecular flexibility index (Phi) is 10.2. The Balaban J connectivity index is 1.04. The average Bonchev–Trinajstić information content (AvgIpc) is 3.00. The van der Waals surface area contributed by atoms with E-state index in [2.05, 4.69) is 19.1 Å². The molecule has 0 amide bonds. The van der Waals surface area contributed by atoms with Crippen molar-refractivity contribution in [3.63, 3.8) is 0 Å². The summed E-state index contributed by atoms with van der Waals surface area (Å²) in [6.07, 6.45) is 13.4. The maximum Gasteiger partial charge on any atom is 0.314 e. The highest BCUT2D eigenvalue weighted by atomic mass is 19.2. The van der Waals surface area contributed by atoms with E-state index in [4.69, 9.17) is 14.2 Å². The quantitative estimate of drug-likeness (QED) is 0.212. The van der Waals surface area contributed by atoms with Crippen LogP contribution >= 0.6 is 0 Å². The summed E-state index contributed by atoms with van der Waals surface area (Å²) in [4.78, 5) is 12.8. The summed E-state index contributed by atoms with van der Waals surface area (Å²) >= 11 is 0. The molecule has 3 fully saturated rings. The van der Waals surface area contributed by atoms with Crippen molar-refractivity contribution in [1.82, 2.24) is 0 Å². The molecule has 0 spiro atoms. The molecule has 4 nitrogen and oxygen atoms in total. The monoisotopic (exact) mass is 568 g/mol. The minimum atomic E-state index is -0.977. The van der Waals surface area contributed by atoms with Gasteiger partial charge in [-0.15, -0.1) is 0 Å². The van der Waals surface area contributed by atoms with Gasteiger partial charge in [0.2, 0.25) is 11.6 Å². The number of carbonyl (C=O) groups excluding carboxylic acids is 1. The third-order valence-corrected chi connectivity index (χ3v) is 10.0. The van der Waals surface area contributed by atoms with E-state index >= 15 is 0 Å². The molecule has 0 heterocycles. The molecule has 6 heteroatoms. The fourth-order valence-electron chi connectivity index (χ4n) is 7.74. The molecule has 41 heavy (non-hydrogen) atoms. The maximum absolute atomic E-state index is 14.4. The van der Waals surface area contributed by atoms with Gasteiger partial charge in [-0.2, -0.15) is 8.78 Å². The normalized spacial score (nSPS) is 28.0. The number of benzene rings is 2. The number of ether oxygens (including phenoxy) is 3. The topological polar surface area (TPSA) is 44.8 Å². The summed E-state index contributed by atoms with van der Waals surface area (Å²) in [5.41, 5.74) is 1.28. The number of aryl methyl sites for hydroxylation is 1. The lowest BCUT2D eigenvalue weighted by molar-refractivity contribution is -0.140. The molecule has 0 N–H and O–H groups in total. The Morgan fingerprint density at radius 3 is 1.98 bits per heavy atom. The van der Waals surface area contributed by atoms with Crippen molar-refractivity contribution in [3.8, 4) is 17.2 Å². The minimum absolute atomic E-state index is 0.0158. The van der Waals surface area contributed by atoms with Crippen LogP contribution in [0.5, 0.6) is 17.2 Å². The number of fused-ring (bicyclic) bond motifs is 1. The molecule has 0 aromatic heterocycles. The first-order valence-electron chi connectivity index (χ1n) is 16.0. The summed E-state index contributed by atoms with van der Waals surface area (Å²) < 4.78 is 45.3. The van der Waals surface area contributed by atoms with Crippen molar-refractivity contribution in [2.45, 2.75) is 90.9 Å². The van der Waals surface area contributed by atoms with Crippen LogP contribution in [0.15, 0.2) is 36.4 Å². The predicted molar refractivity (Wildman–Crippen MR) is 156 cm³/mol. The second kappa shape index (κ2) is 14.0. The van der Waals surface area contributed by atoms with Crippen molar-refractivity contribution in [3.05, 3.63) is 53.6 Å². The number of hydrogen-bond acceptors (Lipinski definition) is 4. The van der Waals surface area contributed by atoms with Gasteiger partial charge in [0.1, 0.15) is 5.75 Å². The highest BCUT2D eigenvalue weighted by Gasteiger charge is 2.40. The van der Waals surface area contributed by atoms with E-state index in [0.717, 1.165) is 63.2 Å². The van der Waals surface area contributed by atoms with Gasteiger partial charge in [0.05, 0.1) is 19.1 Å². The van der Waals surface area contributed by atoms with E-state index in [1.54, 1.807) is 6.92 Å². The molecule has 0 aliphatic heterocycles. The molecule has 0 bridgehead atoms. The summed E-state index contributed by atoms with van der Waals surface area (Å²) in [5.74, 6) is 1.87. The number of esters is 1. The van der Waals surface area contributed by atoms with Gasteiger partial charge in [-0.25, -0.2) is 0 Å². The molecule has 5 rings (SSSR count). The lowest BCUT2D eigenvalue weighted by atomic mass is 9.61. The minimum Gasteiger partial charge on any atom is -0.491 e. The number of halogens is 2. The Morgan fingerprint density at radius 1 is 0.732 bits per heavy atom. The third-order valence-electron chi connectivity index (χ3n) is 10.0. The lowest BCUT2D eigenvalue weighted by Gasteiger charge is -2.45. The van der Waals surface area contributed by atoms with Crippen molar-refractivity contribution >= 4 is 5.97 Å². The van der Waals surface area contributed by atoms with Gasteiger partial charge in [0.25, 0.3) is 0 Å². The maximum atomic E-state index is 14.4. The Hall–Kier alpha value is -2.63. The number of rotatable bonds is 10. The molecule has 4 atom stereocenters. The summed E-state index contributed by atoms with van der Waals surface area (Å²) in [6, 6.07) is 10.9. The van der Waals surface area contributed by atoms with Gasteiger partial charge in [0.15, 0.2) is 11.5 Å². The Morgan fingerprint density at radius 2 is 1.32 bits per heavy atom. The van der Waals surface area contributed by atoms with E-state index in [0.29, 0.717) is 30.1 Å². The van der Waals surface area contributed by atoms with E-state index in [1.165, 1.54) is 43.4 Å². The van der Waals surface area contributed by atoms with Crippen LogP contribution in [0.25, 0.3) is 0 Å². The fraction of sp³-hybridized carbons (Fsp3) is 0.629. The molecule has 4 unspecified atom stereocenters. The van der Waals surface area contributed by atoms with E-state index in [1.807, 2.05) is 12.1 Å². The van der Waals surface area contributed by atoms with Gasteiger partial charge in [0, 0.05) is 0 Å². The van der Waals surface area contributed by atoms with Crippen molar-refractivity contribution < 1.29 is 27.8 Å². The second-order valence-electron chi connectivity index (χ2n) is 12.6. The zero-order valence-electron chi connectivity index (χ0n) is 24.7. The number of carbonyl (C=O) groups is 1. The number of hydrogen-bond donors (Lipinski definition) is 0. The van der Waals surface area contributed by atoms with Gasteiger partial charge >= 0.3 is 5.97 Å². The van der Waals surface area contributed by atoms with Crippen LogP contribution in [0.3, 0.4) is 0 Å². The van der Waals surface area contributed by atoms with Crippen molar-refractivity contribution in [2.75, 3.05) is 13.2 Å². The van der Waals surface area contributed by atoms with Gasteiger partial charge in [-0.05, 0) is 137 Å². The highest BCUT2D eigenvalue weighted by molar-refractivity contribution is 5.75. The third kappa shape index (κ3) is 7.42. The van der Waals surface area contributed by atoms with Gasteiger partial charge < -0.3 is 14.2 Å². The van der Waals surface area contributed by atoms with E-state index in [9.17, 15) is 13.6 Å². The summed E-state index contributed by atoms with van der Waals surface area (Å²) in [7, 11) is 0. The molecule has 2 aromatic carbocycles. The molecule has 0 saturated heterocycles. The first-order valence-corrected chi connectivity index (χ1v) is 16.0. The fourth-order valence-corrected chi connectivity index (χ4v) is 7.74. The zero-order chi connectivity index (χ0) is 28.8. The average molecular weight is 569 g/mol. The van der Waals surface area contributed by atoms with Crippen molar-refractivity contribution in [2.24, 2.45) is 35.5 Å². The molecule has 3 saturated carbocycles. The van der Waals surface area contributed by atoms with Crippen LogP contribution in [0.1, 0.15) is 90.0 Å². The molecule has 0 radical (unpaired) electrons. The SMILES string of the molecule is CCCc1ccc(OC(=O)C2CCC(C3CCC4CC(COc5ccc(OCC)c(F)c5F)CCC4C3)CC2)cc1. The first kappa shape index (κ1) is 29.8. The van der Waals surface area contributed by atoms with Crippen LogP contribution in [-0.4, -0.2) is 19.2 Å². The van der Waals surface area contributed by atoms with Crippen LogP contribution in [-0.2, 0) is 11.2 Å². The molecule has 2 aromatic rings. The summed E-state index contributed by atoms with van der Waals surface area (Å²) in [5, 5.41) is 0. The van der Waals surface area contributed by atoms with E-state index in [-0.39, 0.29) is 30.0 Å². The largest absolute Gasteiger partial charge is 0.491 e.